The monoisotopic (exact) mass is 334 g/mol. The minimum atomic E-state index is -0.548. The molecule has 0 saturated heterocycles. The second-order valence-corrected chi connectivity index (χ2v) is 4.48. The van der Waals surface area contributed by atoms with E-state index in [0.717, 1.165) is 11.6 Å². The summed E-state index contributed by atoms with van der Waals surface area (Å²) in [4.78, 5) is 22.6. The molecule has 1 aromatic carbocycles. The van der Waals surface area contributed by atoms with Crippen LogP contribution in [0.4, 0.5) is 0 Å². The van der Waals surface area contributed by atoms with Crippen molar-refractivity contribution in [1.29, 1.82) is 0 Å². The van der Waals surface area contributed by atoms with Gasteiger partial charge in [-0.05, 0) is 29.8 Å². The van der Waals surface area contributed by atoms with Crippen molar-refractivity contribution < 1.29 is 9.59 Å². The van der Waals surface area contributed by atoms with E-state index in [2.05, 4.69) is 27.4 Å². The van der Waals surface area contributed by atoms with Crippen LogP contribution >= 0.6 is 11.6 Å². The molecule has 0 aliphatic rings. The van der Waals surface area contributed by atoms with E-state index in [9.17, 15) is 9.59 Å². The van der Waals surface area contributed by atoms with Crippen molar-refractivity contribution in [2.24, 2.45) is 21.7 Å². The molecule has 1 aromatic rings. The van der Waals surface area contributed by atoms with Gasteiger partial charge in [0, 0.05) is 11.1 Å². The number of halogens is 1. The summed E-state index contributed by atoms with van der Waals surface area (Å²) in [6.07, 6.45) is 3.81. The first-order valence-corrected chi connectivity index (χ1v) is 6.63. The van der Waals surface area contributed by atoms with Crippen LogP contribution in [0.5, 0.6) is 0 Å². The van der Waals surface area contributed by atoms with E-state index in [1.165, 1.54) is 6.08 Å². The van der Waals surface area contributed by atoms with E-state index in [1.54, 1.807) is 30.3 Å². The highest BCUT2D eigenvalue weighted by Gasteiger charge is 2.00. The van der Waals surface area contributed by atoms with Crippen molar-refractivity contribution in [2.75, 3.05) is 0 Å². The molecule has 1 rings (SSSR count). The lowest BCUT2D eigenvalue weighted by molar-refractivity contribution is -0.116. The molecule has 0 aromatic heterocycles. The largest absolute Gasteiger partial charge is 0.368 e. The first kappa shape index (κ1) is 17.9. The number of guanidine groups is 2. The van der Waals surface area contributed by atoms with Gasteiger partial charge in [-0.3, -0.25) is 20.2 Å². The van der Waals surface area contributed by atoms with Crippen LogP contribution in [0.3, 0.4) is 0 Å². The SMILES string of the molecule is C=CC(=O)NC(N)=NN=C(N)NC(=O)C=Cc1cccc(Cl)c1. The van der Waals surface area contributed by atoms with Crippen molar-refractivity contribution in [1.82, 2.24) is 10.6 Å². The van der Waals surface area contributed by atoms with Crippen LogP contribution in [0.15, 0.2) is 53.2 Å². The highest BCUT2D eigenvalue weighted by atomic mass is 35.5. The van der Waals surface area contributed by atoms with Crippen LogP contribution in [0.2, 0.25) is 5.02 Å². The number of rotatable bonds is 4. The van der Waals surface area contributed by atoms with Gasteiger partial charge < -0.3 is 11.5 Å². The van der Waals surface area contributed by atoms with Crippen molar-refractivity contribution >= 4 is 41.4 Å². The van der Waals surface area contributed by atoms with Gasteiger partial charge in [0.25, 0.3) is 5.91 Å². The summed E-state index contributed by atoms with van der Waals surface area (Å²) in [5, 5.41) is 11.8. The third kappa shape index (κ3) is 7.44. The minimum absolute atomic E-state index is 0.290. The molecule has 23 heavy (non-hydrogen) atoms. The van der Waals surface area contributed by atoms with Crippen LogP contribution in [0.25, 0.3) is 6.08 Å². The Bertz CT molecular complexity index is 696. The van der Waals surface area contributed by atoms with Crippen molar-refractivity contribution in [3.05, 3.63) is 53.6 Å². The Balaban J connectivity index is 2.59. The van der Waals surface area contributed by atoms with E-state index in [-0.39, 0.29) is 11.9 Å². The summed E-state index contributed by atoms with van der Waals surface area (Å²) in [7, 11) is 0. The van der Waals surface area contributed by atoms with Gasteiger partial charge in [-0.25, -0.2) is 0 Å². The van der Waals surface area contributed by atoms with Crippen LogP contribution < -0.4 is 22.1 Å². The highest BCUT2D eigenvalue weighted by molar-refractivity contribution is 6.30. The number of hydrogen-bond donors (Lipinski definition) is 4. The first-order valence-electron chi connectivity index (χ1n) is 6.25. The van der Waals surface area contributed by atoms with Gasteiger partial charge in [-0.1, -0.05) is 30.3 Å². The molecule has 0 unspecified atom stereocenters. The van der Waals surface area contributed by atoms with Crippen molar-refractivity contribution in [2.45, 2.75) is 0 Å². The van der Waals surface area contributed by atoms with Crippen LogP contribution in [-0.4, -0.2) is 23.7 Å². The second-order valence-electron chi connectivity index (χ2n) is 4.04. The number of nitrogens with two attached hydrogens (primary N) is 2. The Morgan fingerprint density at radius 2 is 1.74 bits per heavy atom. The maximum Gasteiger partial charge on any atom is 0.250 e. The summed E-state index contributed by atoms with van der Waals surface area (Å²) >= 11 is 5.83. The molecule has 120 valence electrons. The number of nitrogens with one attached hydrogen (secondary N) is 2. The molecule has 0 aliphatic heterocycles. The van der Waals surface area contributed by atoms with Gasteiger partial charge in [-0.2, -0.15) is 0 Å². The Hall–Kier alpha value is -3.13. The quantitative estimate of drug-likeness (QED) is 0.273. The fourth-order valence-electron chi connectivity index (χ4n) is 1.29. The predicted octanol–water partition coefficient (Wildman–Crippen LogP) is 0.316. The van der Waals surface area contributed by atoms with Gasteiger partial charge in [0.05, 0.1) is 0 Å². The first-order chi connectivity index (χ1) is 10.9. The van der Waals surface area contributed by atoms with Crippen molar-refractivity contribution in [3.8, 4) is 0 Å². The number of carbonyl (C=O) groups excluding carboxylic acids is 2. The smallest absolute Gasteiger partial charge is 0.250 e. The van der Waals surface area contributed by atoms with E-state index < -0.39 is 11.8 Å². The summed E-state index contributed by atoms with van der Waals surface area (Å²) in [6, 6.07) is 6.94. The number of nitrogens with zero attached hydrogens (tertiary/aromatic N) is 2. The zero-order valence-electron chi connectivity index (χ0n) is 12.0. The maximum atomic E-state index is 11.6. The van der Waals surface area contributed by atoms with E-state index in [4.69, 9.17) is 23.1 Å². The standard InChI is InChI=1S/C14H15ClN6O2/c1-2-11(22)18-13(16)20-21-14(17)19-12(23)7-6-9-4-3-5-10(15)8-9/h2-8H,1H2,(H3,16,18,20,22)(H3,17,19,21,23). The van der Waals surface area contributed by atoms with Crippen LogP contribution in [-0.2, 0) is 9.59 Å². The average molecular weight is 335 g/mol. The molecular weight excluding hydrogens is 320 g/mol. The van der Waals surface area contributed by atoms with Crippen molar-refractivity contribution in [3.63, 3.8) is 0 Å². The van der Waals surface area contributed by atoms with Crippen LogP contribution in [0.1, 0.15) is 5.56 Å². The van der Waals surface area contributed by atoms with Crippen LogP contribution in [0, 0.1) is 0 Å². The molecule has 2 amide bonds. The number of benzene rings is 1. The molecule has 0 radical (unpaired) electrons. The highest BCUT2D eigenvalue weighted by Crippen LogP contribution is 2.11. The molecule has 6 N–H and O–H groups in total. The summed E-state index contributed by atoms with van der Waals surface area (Å²) in [5.74, 6) is -1.65. The summed E-state index contributed by atoms with van der Waals surface area (Å²) in [5.41, 5.74) is 11.5. The molecule has 0 heterocycles. The second kappa shape index (κ2) is 9.00. The van der Waals surface area contributed by atoms with E-state index in [0.29, 0.717) is 5.02 Å². The molecule has 0 spiro atoms. The Kier molecular flexibility index (Phi) is 7.02. The molecule has 0 atom stereocenters. The summed E-state index contributed by atoms with van der Waals surface area (Å²) < 4.78 is 0. The molecular formula is C14H15ClN6O2. The van der Waals surface area contributed by atoms with Gasteiger partial charge in [0.1, 0.15) is 0 Å². The minimum Gasteiger partial charge on any atom is -0.368 e. The molecule has 0 fully saturated rings. The van der Waals surface area contributed by atoms with Gasteiger partial charge >= 0.3 is 0 Å². The lowest BCUT2D eigenvalue weighted by Crippen LogP contribution is -2.37. The molecule has 9 heteroatoms. The third-order valence-electron chi connectivity index (χ3n) is 2.23. The number of amides is 2. The van der Waals surface area contributed by atoms with Gasteiger partial charge in [0.2, 0.25) is 17.8 Å². The molecule has 0 bridgehead atoms. The summed E-state index contributed by atoms with van der Waals surface area (Å²) in [6.45, 7) is 3.24. The van der Waals surface area contributed by atoms with Gasteiger partial charge in [0.15, 0.2) is 0 Å². The fourth-order valence-corrected chi connectivity index (χ4v) is 1.48. The zero-order valence-corrected chi connectivity index (χ0v) is 12.7. The third-order valence-corrected chi connectivity index (χ3v) is 2.46. The number of carbonyl (C=O) groups is 2. The Morgan fingerprint density at radius 3 is 2.30 bits per heavy atom. The zero-order chi connectivity index (χ0) is 17.2. The maximum absolute atomic E-state index is 11.6. The molecule has 0 saturated carbocycles. The Morgan fingerprint density at radius 1 is 1.13 bits per heavy atom. The Labute approximate surface area is 137 Å². The van der Waals surface area contributed by atoms with Gasteiger partial charge in [-0.15, -0.1) is 10.2 Å². The predicted molar refractivity (Wildman–Crippen MR) is 90.2 cm³/mol. The normalized spacial score (nSPS) is 12.0. The lowest BCUT2D eigenvalue weighted by atomic mass is 10.2. The lowest BCUT2D eigenvalue weighted by Gasteiger charge is -2.00. The van der Waals surface area contributed by atoms with E-state index in [1.807, 2.05) is 0 Å². The van der Waals surface area contributed by atoms with E-state index >= 15 is 0 Å². The topological polar surface area (TPSA) is 135 Å². The molecule has 0 aliphatic carbocycles. The fraction of sp³-hybridized carbons (Fsp3) is 0. The average Bonchev–Trinajstić information content (AvgIpc) is 2.51. The molecule has 8 nitrogen and oxygen atoms in total. The number of hydrogen-bond acceptors (Lipinski definition) is 4.